The minimum atomic E-state index is -0.351. The molecule has 3 heterocycles. The van der Waals surface area contributed by atoms with E-state index in [0.717, 1.165) is 12.0 Å². The van der Waals surface area contributed by atoms with E-state index < -0.39 is 0 Å². The highest BCUT2D eigenvalue weighted by Gasteiger charge is 2.29. The van der Waals surface area contributed by atoms with Gasteiger partial charge in [0.15, 0.2) is 0 Å². The number of aryl methyl sites for hydroxylation is 1. The van der Waals surface area contributed by atoms with Crippen molar-refractivity contribution in [3.05, 3.63) is 75.4 Å². The molecule has 0 N–H and O–H groups in total. The maximum atomic E-state index is 13.1. The van der Waals surface area contributed by atoms with Crippen LogP contribution in [-0.4, -0.2) is 19.3 Å². The molecule has 0 aliphatic carbocycles. The van der Waals surface area contributed by atoms with E-state index in [0.29, 0.717) is 23.0 Å². The molecule has 0 fully saturated rings. The van der Waals surface area contributed by atoms with Crippen LogP contribution in [0.25, 0.3) is 5.69 Å². The molecule has 7 heteroatoms. The van der Waals surface area contributed by atoms with Crippen LogP contribution in [-0.2, 0) is 6.42 Å². The third kappa shape index (κ3) is 2.35. The molecule has 4 rings (SSSR count). The Balaban J connectivity index is 1.81. The summed E-state index contributed by atoms with van der Waals surface area (Å²) in [5.74, 6) is 0.362. The molecule has 0 bridgehead atoms. The fourth-order valence-corrected chi connectivity index (χ4v) is 3.16. The largest absolute Gasteiger partial charge is 0.351 e. The van der Waals surface area contributed by atoms with E-state index in [2.05, 4.69) is 10.1 Å². The average Bonchev–Trinajstić information content (AvgIpc) is 3.09. The second-order valence-corrected chi connectivity index (χ2v) is 5.88. The van der Waals surface area contributed by atoms with Crippen LogP contribution in [0.4, 0.5) is 4.39 Å². The molecular weight excluding hydrogens is 319 g/mol. The van der Waals surface area contributed by atoms with Gasteiger partial charge >= 0.3 is 5.69 Å². The van der Waals surface area contributed by atoms with Crippen molar-refractivity contribution in [3.63, 3.8) is 0 Å². The molecule has 3 aromatic rings. The molecule has 1 aliphatic heterocycles. The number of rotatable bonds is 2. The molecule has 116 valence electrons. The Morgan fingerprint density at radius 2 is 2.00 bits per heavy atom. The molecule has 0 unspecified atom stereocenters. The van der Waals surface area contributed by atoms with Gasteiger partial charge in [0, 0.05) is 18.8 Å². The van der Waals surface area contributed by atoms with Gasteiger partial charge in [-0.3, -0.25) is 9.55 Å². The summed E-state index contributed by atoms with van der Waals surface area (Å²) in [5, 5.41) is 4.92. The molecule has 0 radical (unpaired) electrons. The first-order valence-electron chi connectivity index (χ1n) is 7.20. The summed E-state index contributed by atoms with van der Waals surface area (Å²) in [5.41, 5.74) is 1.19. The highest BCUT2D eigenvalue weighted by Crippen LogP contribution is 2.30. The van der Waals surface area contributed by atoms with Crippen molar-refractivity contribution in [2.45, 2.75) is 18.9 Å². The fraction of sp³-hybridized carbons (Fsp3) is 0.188. The first kappa shape index (κ1) is 14.1. The van der Waals surface area contributed by atoms with Crippen molar-refractivity contribution in [3.8, 4) is 5.69 Å². The maximum Gasteiger partial charge on any atom is 0.351 e. The lowest BCUT2D eigenvalue weighted by Gasteiger charge is -2.12. The topological polar surface area (TPSA) is 52.7 Å². The van der Waals surface area contributed by atoms with E-state index in [4.69, 9.17) is 11.6 Å². The lowest BCUT2D eigenvalue weighted by Crippen LogP contribution is -2.26. The second-order valence-electron chi connectivity index (χ2n) is 5.45. The van der Waals surface area contributed by atoms with E-state index in [1.54, 1.807) is 17.0 Å². The summed E-state index contributed by atoms with van der Waals surface area (Å²) >= 11 is 6.00. The Hall–Kier alpha value is -2.47. The molecule has 23 heavy (non-hydrogen) atoms. The first-order valence-corrected chi connectivity index (χ1v) is 7.58. The fourth-order valence-electron chi connectivity index (χ4n) is 2.97. The van der Waals surface area contributed by atoms with Crippen molar-refractivity contribution < 1.29 is 4.39 Å². The molecule has 1 atom stereocenters. The van der Waals surface area contributed by atoms with E-state index in [9.17, 15) is 9.18 Å². The molecule has 1 aliphatic rings. The zero-order valence-corrected chi connectivity index (χ0v) is 12.7. The minimum Gasteiger partial charge on any atom is -0.271 e. The number of pyridine rings is 1. The highest BCUT2D eigenvalue weighted by atomic mass is 35.5. The normalized spacial score (nSPS) is 16.5. The minimum absolute atomic E-state index is 0.127. The zero-order chi connectivity index (χ0) is 16.0. The summed E-state index contributed by atoms with van der Waals surface area (Å²) < 4.78 is 16.0. The number of fused-ring (bicyclic) bond motifs is 1. The van der Waals surface area contributed by atoms with E-state index in [1.807, 2.05) is 6.07 Å². The zero-order valence-electron chi connectivity index (χ0n) is 12.0. The Morgan fingerprint density at radius 3 is 2.74 bits per heavy atom. The molecule has 2 aromatic heterocycles. The van der Waals surface area contributed by atoms with Crippen molar-refractivity contribution in [1.29, 1.82) is 0 Å². The predicted molar refractivity (Wildman–Crippen MR) is 83.5 cm³/mol. The third-order valence-corrected chi connectivity index (χ3v) is 4.22. The van der Waals surface area contributed by atoms with Crippen LogP contribution >= 0.6 is 11.6 Å². The number of hydrogen-bond donors (Lipinski definition) is 0. The maximum absolute atomic E-state index is 13.1. The van der Waals surface area contributed by atoms with Crippen molar-refractivity contribution in [1.82, 2.24) is 19.3 Å². The molecule has 0 spiro atoms. The van der Waals surface area contributed by atoms with Crippen molar-refractivity contribution in [2.24, 2.45) is 0 Å². The lowest BCUT2D eigenvalue weighted by atomic mass is 10.1. The van der Waals surface area contributed by atoms with Crippen LogP contribution in [0.3, 0.4) is 0 Å². The number of aromatic nitrogens is 4. The van der Waals surface area contributed by atoms with Crippen molar-refractivity contribution in [2.75, 3.05) is 0 Å². The number of hydrogen-bond acceptors (Lipinski definition) is 3. The Labute approximate surface area is 136 Å². The van der Waals surface area contributed by atoms with Gasteiger partial charge in [-0.2, -0.15) is 4.68 Å². The van der Waals surface area contributed by atoms with Crippen LogP contribution in [0.15, 0.2) is 47.5 Å². The van der Waals surface area contributed by atoms with Gasteiger partial charge < -0.3 is 0 Å². The van der Waals surface area contributed by atoms with Crippen LogP contribution in [0, 0.1) is 5.82 Å². The van der Waals surface area contributed by atoms with Gasteiger partial charge in [0.05, 0.1) is 16.8 Å². The van der Waals surface area contributed by atoms with Gasteiger partial charge in [-0.05, 0) is 42.3 Å². The Bertz CT molecular complexity index is 932. The molecule has 0 amide bonds. The summed E-state index contributed by atoms with van der Waals surface area (Å²) in [6.45, 7) is 0. The number of benzene rings is 1. The van der Waals surface area contributed by atoms with Crippen molar-refractivity contribution >= 4 is 11.6 Å². The average molecular weight is 331 g/mol. The van der Waals surface area contributed by atoms with Crippen LogP contribution in [0.5, 0.6) is 0 Å². The van der Waals surface area contributed by atoms with Gasteiger partial charge in [-0.15, -0.1) is 5.10 Å². The Morgan fingerprint density at radius 1 is 1.22 bits per heavy atom. The van der Waals surface area contributed by atoms with Gasteiger partial charge in [0.1, 0.15) is 11.6 Å². The number of halogens is 2. The smallest absolute Gasteiger partial charge is 0.271 e. The van der Waals surface area contributed by atoms with Gasteiger partial charge in [-0.1, -0.05) is 11.6 Å². The highest BCUT2D eigenvalue weighted by molar-refractivity contribution is 6.30. The molecular formula is C16H12ClFN4O. The predicted octanol–water partition coefficient (Wildman–Crippen LogP) is 2.76. The van der Waals surface area contributed by atoms with Crippen LogP contribution in [0.1, 0.15) is 23.9 Å². The standard InChI is InChI=1S/C16H12ClFN4O/c17-11-7-10(8-19-9-11)14-5-6-15-20-22(16(23)21(14)15)13-3-1-12(18)2-4-13/h1-4,7-9,14H,5-6H2/t14-/m0/s1. The third-order valence-electron chi connectivity index (χ3n) is 4.02. The first-order chi connectivity index (χ1) is 11.1. The lowest BCUT2D eigenvalue weighted by molar-refractivity contribution is 0.585. The molecule has 0 saturated heterocycles. The van der Waals surface area contributed by atoms with Crippen LogP contribution < -0.4 is 5.69 Å². The second kappa shape index (κ2) is 5.31. The molecule has 0 saturated carbocycles. The number of nitrogens with zero attached hydrogens (tertiary/aromatic N) is 4. The monoisotopic (exact) mass is 330 g/mol. The van der Waals surface area contributed by atoms with Crippen LogP contribution in [0.2, 0.25) is 5.02 Å². The van der Waals surface area contributed by atoms with E-state index in [-0.39, 0.29) is 17.5 Å². The van der Waals surface area contributed by atoms with E-state index >= 15 is 0 Å². The Kier molecular flexibility index (Phi) is 3.27. The summed E-state index contributed by atoms with van der Waals surface area (Å²) in [4.78, 5) is 16.8. The SMILES string of the molecule is O=c1n(-c2ccc(F)cc2)nc2n1[C@H](c1cncc(Cl)c1)CC2. The van der Waals surface area contributed by atoms with E-state index in [1.165, 1.54) is 28.9 Å². The van der Waals surface area contributed by atoms with Gasteiger partial charge in [0.2, 0.25) is 0 Å². The summed E-state index contributed by atoms with van der Waals surface area (Å²) in [7, 11) is 0. The molecule has 1 aromatic carbocycles. The van der Waals surface area contributed by atoms with Gasteiger partial charge in [-0.25, -0.2) is 9.18 Å². The summed E-state index contributed by atoms with van der Waals surface area (Å²) in [6.07, 6.45) is 4.75. The molecule has 5 nitrogen and oxygen atoms in total. The van der Waals surface area contributed by atoms with Gasteiger partial charge in [0.25, 0.3) is 0 Å². The quantitative estimate of drug-likeness (QED) is 0.726. The summed E-state index contributed by atoms with van der Waals surface area (Å²) in [6, 6.07) is 7.38.